The number of methoxy groups -OCH3 is 1. The number of fused-ring (bicyclic) bond motifs is 1. The summed E-state index contributed by atoms with van der Waals surface area (Å²) in [6.07, 6.45) is 0.957. The van der Waals surface area contributed by atoms with Gasteiger partial charge in [-0.1, -0.05) is 0 Å². The Balaban J connectivity index is 1.69. The van der Waals surface area contributed by atoms with Gasteiger partial charge in [-0.25, -0.2) is 28.1 Å². The van der Waals surface area contributed by atoms with Crippen molar-refractivity contribution in [3.63, 3.8) is 0 Å². The van der Waals surface area contributed by atoms with E-state index in [-0.39, 0.29) is 35.2 Å². The maximum Gasteiger partial charge on any atom is 0.275 e. The topological polar surface area (TPSA) is 107 Å². The van der Waals surface area contributed by atoms with Crippen LogP contribution in [0.2, 0.25) is 0 Å². The first-order valence-electron chi connectivity index (χ1n) is 9.10. The number of hydrogen-bond acceptors (Lipinski definition) is 6. The normalized spacial score (nSPS) is 17.8. The number of ether oxygens (including phenoxy) is 1. The lowest BCUT2D eigenvalue weighted by atomic mass is 9.88. The van der Waals surface area contributed by atoms with Gasteiger partial charge in [0.25, 0.3) is 12.3 Å². The predicted molar refractivity (Wildman–Crippen MR) is 106 cm³/mol. The van der Waals surface area contributed by atoms with Crippen LogP contribution in [0.25, 0.3) is 0 Å². The monoisotopic (exact) mass is 430 g/mol. The van der Waals surface area contributed by atoms with Crippen LogP contribution in [0.3, 0.4) is 0 Å². The Kier molecular flexibility index (Phi) is 5.09. The number of nitrogens with zero attached hydrogens (tertiary/aromatic N) is 4. The SMILES string of the molecule is COc1cnc(C(=O)Nc2ccc(F)c([C@]3(C(F)F)Cn4cccc4C(N)=N3)c2)cn1. The van der Waals surface area contributed by atoms with Crippen LogP contribution in [-0.4, -0.2) is 39.8 Å². The molecule has 160 valence electrons. The number of nitrogens with one attached hydrogen (secondary N) is 1. The number of aromatic nitrogens is 3. The molecule has 31 heavy (non-hydrogen) atoms. The first-order chi connectivity index (χ1) is 14.8. The lowest BCUT2D eigenvalue weighted by Crippen LogP contribution is -2.44. The molecule has 0 aliphatic carbocycles. The summed E-state index contributed by atoms with van der Waals surface area (Å²) in [7, 11) is 1.40. The van der Waals surface area contributed by atoms with Crippen molar-refractivity contribution in [1.82, 2.24) is 14.5 Å². The van der Waals surface area contributed by atoms with Crippen molar-refractivity contribution in [2.24, 2.45) is 10.7 Å². The Labute approximate surface area is 174 Å². The first kappa shape index (κ1) is 20.4. The predicted octanol–water partition coefficient (Wildman–Crippen LogP) is 2.56. The highest BCUT2D eigenvalue weighted by Crippen LogP contribution is 2.40. The first-order valence-corrected chi connectivity index (χ1v) is 9.10. The number of aliphatic imine (C=N–C) groups is 1. The smallest absolute Gasteiger partial charge is 0.275 e. The zero-order chi connectivity index (χ0) is 22.2. The molecule has 1 aliphatic rings. The molecule has 0 fully saturated rings. The second-order valence-corrected chi connectivity index (χ2v) is 6.84. The van der Waals surface area contributed by atoms with Gasteiger partial charge in [-0.2, -0.15) is 0 Å². The van der Waals surface area contributed by atoms with Gasteiger partial charge in [-0.05, 0) is 30.3 Å². The summed E-state index contributed by atoms with van der Waals surface area (Å²) in [5, 5.41) is 2.50. The van der Waals surface area contributed by atoms with Gasteiger partial charge < -0.3 is 20.4 Å². The van der Waals surface area contributed by atoms with Crippen LogP contribution in [0.5, 0.6) is 5.88 Å². The summed E-state index contributed by atoms with van der Waals surface area (Å²) in [6.45, 7) is -0.314. The molecule has 1 amide bonds. The molecule has 8 nitrogen and oxygen atoms in total. The fraction of sp³-hybridized carbons (Fsp3) is 0.200. The number of alkyl halides is 2. The summed E-state index contributed by atoms with van der Waals surface area (Å²) in [5.41, 5.74) is 3.78. The number of benzene rings is 1. The lowest BCUT2D eigenvalue weighted by Gasteiger charge is -2.34. The van der Waals surface area contributed by atoms with E-state index < -0.39 is 23.7 Å². The number of nitrogens with two attached hydrogens (primary N) is 1. The average Bonchev–Trinajstić information content (AvgIpc) is 3.24. The molecule has 1 aromatic carbocycles. The highest BCUT2D eigenvalue weighted by molar-refractivity contribution is 6.02. The quantitative estimate of drug-likeness (QED) is 0.647. The fourth-order valence-electron chi connectivity index (χ4n) is 3.40. The molecule has 2 aromatic heterocycles. The summed E-state index contributed by atoms with van der Waals surface area (Å²) in [6, 6.07) is 6.65. The second kappa shape index (κ2) is 7.74. The minimum Gasteiger partial charge on any atom is -0.480 e. The van der Waals surface area contributed by atoms with E-state index in [1.54, 1.807) is 18.3 Å². The average molecular weight is 430 g/mol. The van der Waals surface area contributed by atoms with E-state index in [0.717, 1.165) is 12.1 Å². The van der Waals surface area contributed by atoms with E-state index in [4.69, 9.17) is 10.5 Å². The van der Waals surface area contributed by atoms with Gasteiger partial charge in [-0.15, -0.1) is 0 Å². The van der Waals surface area contributed by atoms with Crippen LogP contribution in [0.4, 0.5) is 18.9 Å². The van der Waals surface area contributed by atoms with Crippen molar-refractivity contribution >= 4 is 17.4 Å². The van der Waals surface area contributed by atoms with Gasteiger partial charge in [0.1, 0.15) is 17.3 Å². The van der Waals surface area contributed by atoms with Gasteiger partial charge >= 0.3 is 0 Å². The zero-order valence-corrected chi connectivity index (χ0v) is 16.2. The van der Waals surface area contributed by atoms with Crippen LogP contribution in [0.15, 0.2) is 53.9 Å². The van der Waals surface area contributed by atoms with Crippen molar-refractivity contribution in [2.75, 3.05) is 12.4 Å². The Morgan fingerprint density at radius 1 is 1.29 bits per heavy atom. The number of hydrogen-bond donors (Lipinski definition) is 2. The Morgan fingerprint density at radius 3 is 2.77 bits per heavy atom. The molecule has 0 radical (unpaired) electrons. The zero-order valence-electron chi connectivity index (χ0n) is 16.2. The van der Waals surface area contributed by atoms with Gasteiger partial charge in [0, 0.05) is 17.4 Å². The van der Waals surface area contributed by atoms with Gasteiger partial charge in [0.05, 0.1) is 31.7 Å². The van der Waals surface area contributed by atoms with E-state index in [1.165, 1.54) is 30.1 Å². The Bertz CT molecular complexity index is 1160. The van der Waals surface area contributed by atoms with E-state index >= 15 is 0 Å². The molecule has 3 N–H and O–H groups in total. The van der Waals surface area contributed by atoms with Crippen molar-refractivity contribution in [1.29, 1.82) is 0 Å². The summed E-state index contributed by atoms with van der Waals surface area (Å²) < 4.78 is 49.7. The number of carbonyl (C=O) groups excluding carboxylic acids is 1. The molecule has 0 bridgehead atoms. The number of amidine groups is 1. The Hall–Kier alpha value is -3.89. The molecular weight excluding hydrogens is 413 g/mol. The highest BCUT2D eigenvalue weighted by atomic mass is 19.3. The minimum atomic E-state index is -3.06. The maximum absolute atomic E-state index is 14.7. The molecule has 3 aromatic rings. The summed E-state index contributed by atoms with van der Waals surface area (Å²) in [5.74, 6) is -1.46. The van der Waals surface area contributed by atoms with Crippen molar-refractivity contribution in [3.05, 3.63) is 71.7 Å². The molecule has 4 rings (SSSR count). The number of halogens is 3. The molecule has 1 aliphatic heterocycles. The lowest BCUT2D eigenvalue weighted by molar-refractivity contribution is 0.0387. The third kappa shape index (κ3) is 3.58. The van der Waals surface area contributed by atoms with E-state index in [1.807, 2.05) is 0 Å². The van der Waals surface area contributed by atoms with Crippen molar-refractivity contribution in [2.45, 2.75) is 18.5 Å². The third-order valence-corrected chi connectivity index (χ3v) is 4.94. The molecule has 0 saturated heterocycles. The summed E-state index contributed by atoms with van der Waals surface area (Å²) in [4.78, 5) is 24.2. The largest absolute Gasteiger partial charge is 0.480 e. The van der Waals surface area contributed by atoms with Crippen LogP contribution in [0.1, 0.15) is 21.7 Å². The number of amides is 1. The van der Waals surface area contributed by atoms with Crippen molar-refractivity contribution in [3.8, 4) is 5.88 Å². The third-order valence-electron chi connectivity index (χ3n) is 4.94. The standard InChI is InChI=1S/C20H17F3N6O2/c1-31-16-9-25-14(8-26-16)18(30)27-11-4-5-13(21)12(7-11)20(19(22)23)10-29-6-2-3-15(29)17(24)28-20/h2-9,19H,10H2,1H3,(H2,24,28)(H,27,30)/t20-/m0/s1. The molecule has 0 spiro atoms. The fourth-order valence-corrected chi connectivity index (χ4v) is 3.40. The Morgan fingerprint density at radius 2 is 2.10 bits per heavy atom. The van der Waals surface area contributed by atoms with Crippen LogP contribution < -0.4 is 15.8 Å². The minimum absolute atomic E-state index is 0.0350. The van der Waals surface area contributed by atoms with E-state index in [9.17, 15) is 18.0 Å². The van der Waals surface area contributed by atoms with Gasteiger partial charge in [0.15, 0.2) is 5.54 Å². The van der Waals surface area contributed by atoms with E-state index in [2.05, 4.69) is 20.3 Å². The second-order valence-electron chi connectivity index (χ2n) is 6.84. The molecule has 11 heteroatoms. The molecule has 3 heterocycles. The number of carbonyl (C=O) groups is 1. The van der Waals surface area contributed by atoms with Gasteiger partial charge in [0.2, 0.25) is 5.88 Å². The number of anilines is 1. The molecular formula is C20H17F3N6O2. The number of rotatable bonds is 5. The highest BCUT2D eigenvalue weighted by Gasteiger charge is 2.47. The molecule has 0 unspecified atom stereocenters. The summed E-state index contributed by atoms with van der Waals surface area (Å²) >= 11 is 0. The van der Waals surface area contributed by atoms with E-state index in [0.29, 0.717) is 5.69 Å². The van der Waals surface area contributed by atoms with Crippen LogP contribution in [0, 0.1) is 5.82 Å². The van der Waals surface area contributed by atoms with Gasteiger partial charge in [-0.3, -0.25) is 4.79 Å². The maximum atomic E-state index is 14.7. The van der Waals surface area contributed by atoms with Crippen molar-refractivity contribution < 1.29 is 22.7 Å². The molecule has 1 atom stereocenters. The molecule has 0 saturated carbocycles. The van der Waals surface area contributed by atoms with Crippen LogP contribution in [-0.2, 0) is 12.1 Å². The van der Waals surface area contributed by atoms with Crippen LogP contribution >= 0.6 is 0 Å².